The molecule has 5 heteroatoms. The van der Waals surface area contributed by atoms with E-state index in [1.54, 1.807) is 0 Å². The Morgan fingerprint density at radius 3 is 3.09 bits per heavy atom. The molecule has 1 heterocycles. The number of carbonyl (C=O) groups excluding carboxylic acids is 1. The smallest absolute Gasteiger partial charge is 0.221 e. The van der Waals surface area contributed by atoms with Crippen LogP contribution in [0.1, 0.15) is 25.3 Å². The van der Waals surface area contributed by atoms with E-state index in [0.29, 0.717) is 19.0 Å². The van der Waals surface area contributed by atoms with Crippen molar-refractivity contribution < 1.29 is 9.53 Å². The maximum atomic E-state index is 12.0. The number of aryl methyl sites for hydroxylation is 1. The maximum Gasteiger partial charge on any atom is 0.221 e. The monoisotopic (exact) mass is 322 g/mol. The summed E-state index contributed by atoms with van der Waals surface area (Å²) < 4.78 is 5.95. The summed E-state index contributed by atoms with van der Waals surface area (Å²) >= 11 is 1.91. The summed E-state index contributed by atoms with van der Waals surface area (Å²) in [5.41, 5.74) is 1.18. The molecule has 2 atom stereocenters. The van der Waals surface area contributed by atoms with Crippen LogP contribution in [0.15, 0.2) is 24.3 Å². The number of rotatable bonds is 7. The van der Waals surface area contributed by atoms with Gasteiger partial charge in [0, 0.05) is 30.5 Å². The molecule has 0 radical (unpaired) electrons. The molecule has 1 aliphatic heterocycles. The van der Waals surface area contributed by atoms with Gasteiger partial charge in [0.2, 0.25) is 5.91 Å². The molecule has 0 aliphatic carbocycles. The van der Waals surface area contributed by atoms with Crippen molar-refractivity contribution in [3.63, 3.8) is 0 Å². The quantitative estimate of drug-likeness (QED) is 0.809. The highest BCUT2D eigenvalue weighted by Gasteiger charge is 2.17. The van der Waals surface area contributed by atoms with Crippen molar-refractivity contribution in [1.29, 1.82) is 0 Å². The predicted molar refractivity (Wildman–Crippen MR) is 92.6 cm³/mol. The van der Waals surface area contributed by atoms with Crippen LogP contribution in [0.25, 0.3) is 0 Å². The predicted octanol–water partition coefficient (Wildman–Crippen LogP) is 2.36. The minimum atomic E-state index is 0.0134. The zero-order valence-corrected chi connectivity index (χ0v) is 14.2. The van der Waals surface area contributed by atoms with Crippen molar-refractivity contribution in [2.75, 3.05) is 24.6 Å². The van der Waals surface area contributed by atoms with Gasteiger partial charge in [0.1, 0.15) is 11.9 Å². The summed E-state index contributed by atoms with van der Waals surface area (Å²) in [7, 11) is 0. The Hall–Kier alpha value is -1.20. The first-order chi connectivity index (χ1) is 10.7. The van der Waals surface area contributed by atoms with Crippen LogP contribution in [0.3, 0.4) is 0 Å². The first-order valence-corrected chi connectivity index (χ1v) is 9.14. The van der Waals surface area contributed by atoms with E-state index in [0.717, 1.165) is 30.2 Å². The molecule has 1 aliphatic rings. The first-order valence-electron chi connectivity index (χ1n) is 7.98. The lowest BCUT2D eigenvalue weighted by Crippen LogP contribution is -2.43. The molecule has 1 aromatic rings. The molecule has 0 saturated carbocycles. The van der Waals surface area contributed by atoms with E-state index in [2.05, 4.69) is 17.6 Å². The van der Waals surface area contributed by atoms with E-state index in [1.165, 1.54) is 5.56 Å². The summed E-state index contributed by atoms with van der Waals surface area (Å²) in [5.74, 6) is 3.13. The molecule has 0 aromatic heterocycles. The Kier molecular flexibility index (Phi) is 7.06. The van der Waals surface area contributed by atoms with Gasteiger partial charge >= 0.3 is 0 Å². The third kappa shape index (κ3) is 5.89. The standard InChI is InChI=1S/C17H26N2O2S/c1-3-15(21-16-6-4-5-13(2)9-16)11-19-17(20)10-14-12-22-8-7-18-14/h4-6,9,14-15,18H,3,7-8,10-12H2,1-2H3,(H,19,20). The van der Waals surface area contributed by atoms with E-state index in [-0.39, 0.29) is 12.0 Å². The van der Waals surface area contributed by atoms with E-state index < -0.39 is 0 Å². The highest BCUT2D eigenvalue weighted by Crippen LogP contribution is 2.15. The second-order valence-corrected chi connectivity index (χ2v) is 6.85. The number of nitrogens with one attached hydrogen (secondary N) is 2. The molecule has 4 nitrogen and oxygen atoms in total. The van der Waals surface area contributed by atoms with Crippen LogP contribution in [0, 0.1) is 6.92 Å². The minimum Gasteiger partial charge on any atom is -0.489 e. The van der Waals surface area contributed by atoms with Gasteiger partial charge in [-0.05, 0) is 31.0 Å². The highest BCUT2D eigenvalue weighted by atomic mass is 32.2. The van der Waals surface area contributed by atoms with Crippen molar-refractivity contribution in [3.05, 3.63) is 29.8 Å². The van der Waals surface area contributed by atoms with Gasteiger partial charge in [0.25, 0.3) is 0 Å². The van der Waals surface area contributed by atoms with Gasteiger partial charge < -0.3 is 15.4 Å². The molecule has 1 fully saturated rings. The fourth-order valence-corrected chi connectivity index (χ4v) is 3.37. The molecule has 1 aromatic carbocycles. The van der Waals surface area contributed by atoms with Crippen LogP contribution in [-0.2, 0) is 4.79 Å². The topological polar surface area (TPSA) is 50.4 Å². The van der Waals surface area contributed by atoms with Crippen molar-refractivity contribution in [1.82, 2.24) is 10.6 Å². The summed E-state index contributed by atoms with van der Waals surface area (Å²) in [6.07, 6.45) is 1.43. The van der Waals surface area contributed by atoms with Gasteiger partial charge in [-0.3, -0.25) is 4.79 Å². The van der Waals surface area contributed by atoms with E-state index >= 15 is 0 Å². The fraction of sp³-hybridized carbons (Fsp3) is 0.588. The van der Waals surface area contributed by atoms with Crippen LogP contribution < -0.4 is 15.4 Å². The van der Waals surface area contributed by atoms with Gasteiger partial charge in [-0.15, -0.1) is 0 Å². The van der Waals surface area contributed by atoms with Gasteiger partial charge in [-0.25, -0.2) is 0 Å². The molecule has 122 valence electrons. The summed E-state index contributed by atoms with van der Waals surface area (Å²) in [6.45, 7) is 5.68. The third-order valence-electron chi connectivity index (χ3n) is 3.70. The number of ether oxygens (including phenoxy) is 1. The van der Waals surface area contributed by atoms with Crippen LogP contribution in [0.4, 0.5) is 0 Å². The first kappa shape index (κ1) is 17.2. The Morgan fingerprint density at radius 1 is 1.55 bits per heavy atom. The molecular weight excluding hydrogens is 296 g/mol. The summed E-state index contributed by atoms with van der Waals surface area (Å²) in [4.78, 5) is 12.0. The minimum absolute atomic E-state index is 0.0134. The van der Waals surface area contributed by atoms with Gasteiger partial charge in [-0.1, -0.05) is 19.1 Å². The Bertz CT molecular complexity index is 475. The molecule has 1 saturated heterocycles. The van der Waals surface area contributed by atoms with Crippen LogP contribution in [0.5, 0.6) is 5.75 Å². The molecule has 2 N–H and O–H groups in total. The van der Waals surface area contributed by atoms with Crippen molar-refractivity contribution >= 4 is 17.7 Å². The third-order valence-corrected chi connectivity index (χ3v) is 4.84. The van der Waals surface area contributed by atoms with Crippen molar-refractivity contribution in [2.45, 2.75) is 38.8 Å². The Labute approximate surface area is 137 Å². The van der Waals surface area contributed by atoms with Gasteiger partial charge in [0.15, 0.2) is 0 Å². The second kappa shape index (κ2) is 9.06. The number of amides is 1. The molecule has 22 heavy (non-hydrogen) atoms. The lowest BCUT2D eigenvalue weighted by molar-refractivity contribution is -0.121. The molecule has 1 amide bonds. The fourth-order valence-electron chi connectivity index (χ4n) is 2.42. The lowest BCUT2D eigenvalue weighted by Gasteiger charge is -2.23. The van der Waals surface area contributed by atoms with Crippen LogP contribution in [0.2, 0.25) is 0 Å². The van der Waals surface area contributed by atoms with Gasteiger partial charge in [-0.2, -0.15) is 11.8 Å². The van der Waals surface area contributed by atoms with Gasteiger partial charge in [0.05, 0.1) is 6.54 Å². The molecule has 2 unspecified atom stereocenters. The summed E-state index contributed by atoms with van der Waals surface area (Å²) in [6, 6.07) is 8.32. The maximum absolute atomic E-state index is 12.0. The zero-order valence-electron chi connectivity index (χ0n) is 13.4. The lowest BCUT2D eigenvalue weighted by atomic mass is 10.2. The van der Waals surface area contributed by atoms with Crippen molar-refractivity contribution in [3.8, 4) is 5.75 Å². The van der Waals surface area contributed by atoms with Crippen LogP contribution in [-0.4, -0.2) is 42.6 Å². The van der Waals surface area contributed by atoms with Crippen molar-refractivity contribution in [2.24, 2.45) is 0 Å². The molecular formula is C17H26N2O2S. The Balaban J connectivity index is 1.74. The number of carbonyl (C=O) groups is 1. The number of hydrogen-bond acceptors (Lipinski definition) is 4. The highest BCUT2D eigenvalue weighted by molar-refractivity contribution is 7.99. The number of benzene rings is 1. The zero-order chi connectivity index (χ0) is 15.8. The second-order valence-electron chi connectivity index (χ2n) is 5.70. The average molecular weight is 322 g/mol. The largest absolute Gasteiger partial charge is 0.489 e. The SMILES string of the molecule is CCC(CNC(=O)CC1CSCCN1)Oc1cccc(C)c1. The molecule has 0 bridgehead atoms. The normalized spacial score (nSPS) is 19.5. The number of thioether (sulfide) groups is 1. The number of hydrogen-bond donors (Lipinski definition) is 2. The molecule has 0 spiro atoms. The van der Waals surface area contributed by atoms with E-state index in [1.807, 2.05) is 43.0 Å². The Morgan fingerprint density at radius 2 is 2.41 bits per heavy atom. The van der Waals surface area contributed by atoms with Crippen LogP contribution >= 0.6 is 11.8 Å². The summed E-state index contributed by atoms with van der Waals surface area (Å²) in [5, 5.41) is 6.39. The van der Waals surface area contributed by atoms with E-state index in [4.69, 9.17) is 4.74 Å². The molecule has 2 rings (SSSR count). The van der Waals surface area contributed by atoms with E-state index in [9.17, 15) is 4.79 Å². The average Bonchev–Trinajstić information content (AvgIpc) is 2.52.